The molecule has 0 aliphatic carbocycles. The van der Waals surface area contributed by atoms with Crippen LogP contribution in [0.3, 0.4) is 0 Å². The average Bonchev–Trinajstić information content (AvgIpc) is 2.82. The number of benzene rings is 1. The lowest BCUT2D eigenvalue weighted by molar-refractivity contribution is 0.0933. The van der Waals surface area contributed by atoms with Gasteiger partial charge in [0.2, 0.25) is 0 Å². The van der Waals surface area contributed by atoms with Crippen LogP contribution in [-0.2, 0) is 7.05 Å². The summed E-state index contributed by atoms with van der Waals surface area (Å²) in [5, 5.41) is 13.2. The number of carbonyl (C=O) groups is 1. The topological polar surface area (TPSA) is 54.3 Å². The standard InChI is InChI=1S/C18H26N2O2/c1-13(2)10-14(8-9-21)12-19-18(22)17-11-15-6-4-5-7-16(15)20(17)3/h4-7,11,13-14,21H,8-10,12H2,1-3H3,(H,19,22). The number of nitrogens with one attached hydrogen (secondary N) is 1. The number of aliphatic hydroxyl groups is 1. The van der Waals surface area contributed by atoms with Crippen molar-refractivity contribution in [3.63, 3.8) is 0 Å². The van der Waals surface area contributed by atoms with Gasteiger partial charge in [-0.3, -0.25) is 4.79 Å². The van der Waals surface area contributed by atoms with E-state index in [2.05, 4.69) is 19.2 Å². The molecule has 2 rings (SSSR count). The first-order valence-electron chi connectivity index (χ1n) is 7.96. The molecule has 120 valence electrons. The number of fused-ring (bicyclic) bond motifs is 1. The zero-order chi connectivity index (χ0) is 16.1. The minimum Gasteiger partial charge on any atom is -0.396 e. The lowest BCUT2D eigenvalue weighted by Crippen LogP contribution is -2.31. The number of hydrogen-bond acceptors (Lipinski definition) is 2. The molecule has 2 aromatic rings. The van der Waals surface area contributed by atoms with Crippen LogP contribution in [0, 0.1) is 11.8 Å². The van der Waals surface area contributed by atoms with Crippen molar-refractivity contribution in [2.75, 3.05) is 13.2 Å². The number of aromatic nitrogens is 1. The zero-order valence-electron chi connectivity index (χ0n) is 13.7. The molecular weight excluding hydrogens is 276 g/mol. The SMILES string of the molecule is CC(C)CC(CCO)CNC(=O)c1cc2ccccc2n1C. The van der Waals surface area contributed by atoms with Crippen molar-refractivity contribution in [1.82, 2.24) is 9.88 Å². The van der Waals surface area contributed by atoms with Crippen LogP contribution in [0.2, 0.25) is 0 Å². The Labute approximate surface area is 132 Å². The second kappa shape index (κ2) is 7.45. The largest absolute Gasteiger partial charge is 0.396 e. The summed E-state index contributed by atoms with van der Waals surface area (Å²) in [7, 11) is 1.91. The first kappa shape index (κ1) is 16.6. The van der Waals surface area contributed by atoms with E-state index in [0.717, 1.165) is 23.7 Å². The van der Waals surface area contributed by atoms with Gasteiger partial charge in [0.15, 0.2) is 0 Å². The van der Waals surface area contributed by atoms with Crippen molar-refractivity contribution in [1.29, 1.82) is 0 Å². The molecule has 0 saturated carbocycles. The molecule has 0 aliphatic heterocycles. The average molecular weight is 302 g/mol. The molecule has 1 heterocycles. The molecular formula is C18H26N2O2. The van der Waals surface area contributed by atoms with E-state index in [4.69, 9.17) is 5.11 Å². The predicted molar refractivity (Wildman–Crippen MR) is 89.9 cm³/mol. The van der Waals surface area contributed by atoms with Gasteiger partial charge in [0, 0.05) is 31.1 Å². The molecule has 1 atom stereocenters. The Balaban J connectivity index is 2.05. The molecule has 1 unspecified atom stereocenters. The molecule has 0 fully saturated rings. The van der Waals surface area contributed by atoms with Gasteiger partial charge in [0.05, 0.1) is 0 Å². The van der Waals surface area contributed by atoms with Gasteiger partial charge in [0.1, 0.15) is 5.69 Å². The number of aliphatic hydroxyl groups excluding tert-OH is 1. The van der Waals surface area contributed by atoms with Crippen LogP contribution in [0.4, 0.5) is 0 Å². The van der Waals surface area contributed by atoms with Crippen LogP contribution in [0.5, 0.6) is 0 Å². The molecule has 0 aliphatic rings. The van der Waals surface area contributed by atoms with Gasteiger partial charge in [-0.15, -0.1) is 0 Å². The lowest BCUT2D eigenvalue weighted by Gasteiger charge is -2.18. The molecule has 1 aromatic heterocycles. The van der Waals surface area contributed by atoms with E-state index in [1.807, 2.05) is 41.9 Å². The highest BCUT2D eigenvalue weighted by atomic mass is 16.3. The van der Waals surface area contributed by atoms with Crippen molar-refractivity contribution >= 4 is 16.8 Å². The van der Waals surface area contributed by atoms with E-state index in [1.165, 1.54) is 0 Å². The monoisotopic (exact) mass is 302 g/mol. The summed E-state index contributed by atoms with van der Waals surface area (Å²) in [5.74, 6) is 0.833. The third-order valence-electron chi connectivity index (χ3n) is 4.08. The van der Waals surface area contributed by atoms with Gasteiger partial charge < -0.3 is 15.0 Å². The van der Waals surface area contributed by atoms with Gasteiger partial charge >= 0.3 is 0 Å². The molecule has 2 N–H and O–H groups in total. The highest BCUT2D eigenvalue weighted by Crippen LogP contribution is 2.19. The van der Waals surface area contributed by atoms with E-state index in [1.54, 1.807) is 0 Å². The fourth-order valence-electron chi connectivity index (χ4n) is 2.99. The maximum Gasteiger partial charge on any atom is 0.267 e. The van der Waals surface area contributed by atoms with Gasteiger partial charge in [-0.1, -0.05) is 32.0 Å². The normalized spacial score (nSPS) is 12.8. The van der Waals surface area contributed by atoms with Crippen molar-refractivity contribution in [3.8, 4) is 0 Å². The molecule has 4 nitrogen and oxygen atoms in total. The molecule has 0 radical (unpaired) electrons. The summed E-state index contributed by atoms with van der Waals surface area (Å²) in [6.45, 7) is 5.10. The Bertz CT molecular complexity index is 631. The first-order valence-corrected chi connectivity index (χ1v) is 7.96. The van der Waals surface area contributed by atoms with Crippen LogP contribution < -0.4 is 5.32 Å². The third kappa shape index (κ3) is 3.89. The second-order valence-corrected chi connectivity index (χ2v) is 6.37. The molecule has 0 spiro atoms. The minimum absolute atomic E-state index is 0.0506. The zero-order valence-corrected chi connectivity index (χ0v) is 13.7. The van der Waals surface area contributed by atoms with E-state index < -0.39 is 0 Å². The maximum atomic E-state index is 12.4. The van der Waals surface area contributed by atoms with E-state index in [9.17, 15) is 4.79 Å². The van der Waals surface area contributed by atoms with E-state index in [-0.39, 0.29) is 12.5 Å². The Kier molecular flexibility index (Phi) is 5.61. The lowest BCUT2D eigenvalue weighted by atomic mass is 9.94. The van der Waals surface area contributed by atoms with Crippen molar-refractivity contribution in [2.45, 2.75) is 26.7 Å². The van der Waals surface area contributed by atoms with Gasteiger partial charge in [0.25, 0.3) is 5.91 Å². The number of aryl methyl sites for hydroxylation is 1. The Hall–Kier alpha value is -1.81. The Morgan fingerprint density at radius 3 is 2.68 bits per heavy atom. The number of hydrogen-bond donors (Lipinski definition) is 2. The summed E-state index contributed by atoms with van der Waals surface area (Å²) in [6.07, 6.45) is 1.74. The number of para-hydroxylation sites is 1. The van der Waals surface area contributed by atoms with E-state index >= 15 is 0 Å². The van der Waals surface area contributed by atoms with Crippen molar-refractivity contribution in [3.05, 3.63) is 36.0 Å². The van der Waals surface area contributed by atoms with Crippen LogP contribution in [0.1, 0.15) is 37.2 Å². The smallest absolute Gasteiger partial charge is 0.267 e. The first-order chi connectivity index (χ1) is 10.5. The second-order valence-electron chi connectivity index (χ2n) is 6.37. The molecule has 0 bridgehead atoms. The number of rotatable bonds is 7. The molecule has 4 heteroatoms. The number of nitrogens with zero attached hydrogens (tertiary/aromatic N) is 1. The van der Waals surface area contributed by atoms with Crippen LogP contribution in [0.25, 0.3) is 10.9 Å². The van der Waals surface area contributed by atoms with E-state index in [0.29, 0.717) is 24.1 Å². The number of amides is 1. The minimum atomic E-state index is -0.0506. The third-order valence-corrected chi connectivity index (χ3v) is 4.08. The summed E-state index contributed by atoms with van der Waals surface area (Å²) >= 11 is 0. The number of carbonyl (C=O) groups excluding carboxylic acids is 1. The predicted octanol–water partition coefficient (Wildman–Crippen LogP) is 2.95. The molecule has 1 amide bonds. The summed E-state index contributed by atoms with van der Waals surface area (Å²) in [4.78, 5) is 12.4. The van der Waals surface area contributed by atoms with Crippen molar-refractivity contribution in [2.24, 2.45) is 18.9 Å². The van der Waals surface area contributed by atoms with Gasteiger partial charge in [-0.05, 0) is 36.8 Å². The van der Waals surface area contributed by atoms with Gasteiger partial charge in [-0.25, -0.2) is 0 Å². The Morgan fingerprint density at radius 1 is 1.32 bits per heavy atom. The summed E-state index contributed by atoms with van der Waals surface area (Å²) in [5.41, 5.74) is 1.73. The molecule has 1 aromatic carbocycles. The molecule has 0 saturated heterocycles. The fourth-order valence-corrected chi connectivity index (χ4v) is 2.99. The fraction of sp³-hybridized carbons (Fsp3) is 0.500. The van der Waals surface area contributed by atoms with Crippen LogP contribution in [-0.4, -0.2) is 28.7 Å². The molecule has 22 heavy (non-hydrogen) atoms. The highest BCUT2D eigenvalue weighted by molar-refractivity contribution is 5.98. The van der Waals surface area contributed by atoms with Crippen LogP contribution >= 0.6 is 0 Å². The maximum absolute atomic E-state index is 12.4. The summed E-state index contributed by atoms with van der Waals surface area (Å²) in [6, 6.07) is 9.90. The van der Waals surface area contributed by atoms with Crippen molar-refractivity contribution < 1.29 is 9.90 Å². The Morgan fingerprint density at radius 2 is 2.05 bits per heavy atom. The quantitative estimate of drug-likeness (QED) is 0.826. The summed E-state index contributed by atoms with van der Waals surface area (Å²) < 4.78 is 1.92. The van der Waals surface area contributed by atoms with Crippen LogP contribution in [0.15, 0.2) is 30.3 Å². The van der Waals surface area contributed by atoms with Gasteiger partial charge in [-0.2, -0.15) is 0 Å². The highest BCUT2D eigenvalue weighted by Gasteiger charge is 2.16.